The number of methoxy groups -OCH3 is 1. The molecule has 0 bridgehead atoms. The van der Waals surface area contributed by atoms with Gasteiger partial charge in [-0.3, -0.25) is 9.69 Å². The van der Waals surface area contributed by atoms with Crippen molar-refractivity contribution in [3.63, 3.8) is 0 Å². The molecule has 0 radical (unpaired) electrons. The topological polar surface area (TPSA) is 63.9 Å². The fourth-order valence-electron chi connectivity index (χ4n) is 3.85. The third kappa shape index (κ3) is 4.14. The monoisotopic (exact) mass is 426 g/mol. The number of furan rings is 1. The Morgan fingerprint density at radius 1 is 1.20 bits per heavy atom. The van der Waals surface area contributed by atoms with E-state index in [0.29, 0.717) is 19.0 Å². The Morgan fingerprint density at radius 3 is 2.70 bits per heavy atom. The summed E-state index contributed by atoms with van der Waals surface area (Å²) in [6, 6.07) is 11.5. The molecule has 3 heterocycles. The Bertz CT molecular complexity index is 1010. The maximum Gasteiger partial charge on any atom is 0.291 e. The van der Waals surface area contributed by atoms with Gasteiger partial charge in [-0.15, -0.1) is 11.3 Å². The van der Waals surface area contributed by atoms with E-state index in [1.54, 1.807) is 30.6 Å². The summed E-state index contributed by atoms with van der Waals surface area (Å²) in [6.07, 6.45) is 1.51. The lowest BCUT2D eigenvalue weighted by Gasteiger charge is -2.35. The molecule has 3 aromatic rings. The van der Waals surface area contributed by atoms with Crippen molar-refractivity contribution in [1.29, 1.82) is 0 Å². The molecule has 1 N–H and O–H groups in total. The largest absolute Gasteiger partial charge is 0.497 e. The van der Waals surface area contributed by atoms with Gasteiger partial charge in [0.05, 0.1) is 32.6 Å². The quantitative estimate of drug-likeness (QED) is 0.622. The van der Waals surface area contributed by atoms with Crippen LogP contribution in [0.1, 0.15) is 38.2 Å². The fourth-order valence-corrected chi connectivity index (χ4v) is 4.93. The molecule has 0 aliphatic carbocycles. The van der Waals surface area contributed by atoms with E-state index in [4.69, 9.17) is 13.9 Å². The summed E-state index contributed by atoms with van der Waals surface area (Å²) in [4.78, 5) is 16.3. The smallest absolute Gasteiger partial charge is 0.291 e. The molecule has 6 nitrogen and oxygen atoms in total. The molecule has 1 atom stereocenters. The van der Waals surface area contributed by atoms with Crippen LogP contribution >= 0.6 is 11.3 Å². The maximum absolute atomic E-state index is 12.7. The first-order valence-corrected chi connectivity index (χ1v) is 10.8. The summed E-state index contributed by atoms with van der Waals surface area (Å²) >= 11 is 1.60. The highest BCUT2D eigenvalue weighted by Crippen LogP contribution is 2.43. The summed E-state index contributed by atoms with van der Waals surface area (Å²) < 4.78 is 16.4. The molecule has 1 saturated heterocycles. The van der Waals surface area contributed by atoms with Gasteiger partial charge in [-0.1, -0.05) is 12.1 Å². The molecule has 7 heteroatoms. The molecule has 1 aromatic carbocycles. The third-order valence-corrected chi connectivity index (χ3v) is 6.64. The first kappa shape index (κ1) is 20.7. The van der Waals surface area contributed by atoms with E-state index in [9.17, 15) is 4.79 Å². The number of benzene rings is 1. The zero-order valence-corrected chi connectivity index (χ0v) is 18.3. The summed E-state index contributed by atoms with van der Waals surface area (Å²) in [6.45, 7) is 7.24. The summed E-state index contributed by atoms with van der Waals surface area (Å²) in [7, 11) is 1.68. The van der Waals surface area contributed by atoms with Gasteiger partial charge in [0.1, 0.15) is 10.8 Å². The van der Waals surface area contributed by atoms with Gasteiger partial charge < -0.3 is 19.2 Å². The number of carbonyl (C=O) groups is 1. The number of rotatable bonds is 6. The zero-order valence-electron chi connectivity index (χ0n) is 17.4. The van der Waals surface area contributed by atoms with Crippen LogP contribution in [0.3, 0.4) is 0 Å². The van der Waals surface area contributed by atoms with Gasteiger partial charge in [-0.25, -0.2) is 0 Å². The second kappa shape index (κ2) is 9.04. The van der Waals surface area contributed by atoms with Crippen LogP contribution in [0, 0.1) is 13.8 Å². The number of amides is 1. The molecule has 0 saturated carbocycles. The summed E-state index contributed by atoms with van der Waals surface area (Å²) in [5, 5.41) is 3.94. The minimum atomic E-state index is -0.242. The molecule has 1 aliphatic rings. The minimum absolute atomic E-state index is 0.0131. The van der Waals surface area contributed by atoms with E-state index < -0.39 is 0 Å². The van der Waals surface area contributed by atoms with Crippen LogP contribution < -0.4 is 10.1 Å². The number of ether oxygens (including phenoxy) is 2. The van der Waals surface area contributed by atoms with E-state index in [1.165, 1.54) is 16.7 Å². The van der Waals surface area contributed by atoms with Gasteiger partial charge in [-0.05, 0) is 49.2 Å². The number of hydrogen-bond donors (Lipinski definition) is 1. The number of thiophene rings is 1. The van der Waals surface area contributed by atoms with Gasteiger partial charge in [0.2, 0.25) is 0 Å². The van der Waals surface area contributed by atoms with Crippen molar-refractivity contribution in [2.24, 2.45) is 0 Å². The van der Waals surface area contributed by atoms with Crippen LogP contribution in [-0.2, 0) is 4.74 Å². The normalized spacial score (nSPS) is 15.7. The molecular weight excluding hydrogens is 400 g/mol. The average Bonchev–Trinajstić information content (AvgIpc) is 3.40. The highest BCUT2D eigenvalue weighted by molar-refractivity contribution is 7.16. The highest BCUT2D eigenvalue weighted by Gasteiger charge is 2.31. The van der Waals surface area contributed by atoms with E-state index >= 15 is 0 Å². The van der Waals surface area contributed by atoms with Crippen molar-refractivity contribution in [1.82, 2.24) is 4.90 Å². The predicted molar refractivity (Wildman–Crippen MR) is 118 cm³/mol. The zero-order chi connectivity index (χ0) is 21.1. The van der Waals surface area contributed by atoms with E-state index in [2.05, 4.69) is 36.2 Å². The van der Waals surface area contributed by atoms with Gasteiger partial charge >= 0.3 is 0 Å². The van der Waals surface area contributed by atoms with Crippen LogP contribution in [0.15, 0.2) is 47.1 Å². The van der Waals surface area contributed by atoms with Crippen molar-refractivity contribution in [2.45, 2.75) is 19.9 Å². The van der Waals surface area contributed by atoms with Crippen molar-refractivity contribution in [3.8, 4) is 5.75 Å². The Hall–Kier alpha value is -2.61. The Morgan fingerprint density at radius 2 is 2.00 bits per heavy atom. The first-order chi connectivity index (χ1) is 14.6. The SMILES string of the molecule is COc1cccc(C(c2c(NC(=O)c3ccco3)sc(C)c2C)N2CCOCC2)c1. The number of nitrogens with one attached hydrogen (secondary N) is 1. The van der Waals surface area contributed by atoms with E-state index in [1.807, 2.05) is 12.1 Å². The second-order valence-corrected chi connectivity index (χ2v) is 8.51. The molecule has 30 heavy (non-hydrogen) atoms. The number of nitrogens with zero attached hydrogens (tertiary/aromatic N) is 1. The predicted octanol–water partition coefficient (Wildman–Crippen LogP) is 4.64. The molecule has 1 fully saturated rings. The van der Waals surface area contributed by atoms with Gasteiger partial charge in [0.15, 0.2) is 5.76 Å². The lowest BCUT2D eigenvalue weighted by atomic mass is 9.94. The fraction of sp³-hybridized carbons (Fsp3) is 0.348. The molecule has 1 aliphatic heterocycles. The highest BCUT2D eigenvalue weighted by atomic mass is 32.1. The van der Waals surface area contributed by atoms with Gasteiger partial charge in [0.25, 0.3) is 5.91 Å². The number of morpholine rings is 1. The minimum Gasteiger partial charge on any atom is -0.497 e. The molecule has 158 valence electrons. The van der Waals surface area contributed by atoms with Crippen LogP contribution in [0.2, 0.25) is 0 Å². The molecular formula is C23H26N2O4S. The second-order valence-electron chi connectivity index (χ2n) is 7.28. The summed E-state index contributed by atoms with van der Waals surface area (Å²) in [5.74, 6) is 0.874. The lowest BCUT2D eigenvalue weighted by molar-refractivity contribution is 0.0240. The number of carbonyl (C=O) groups excluding carboxylic acids is 1. The number of hydrogen-bond acceptors (Lipinski definition) is 6. The molecule has 1 unspecified atom stereocenters. The standard InChI is InChI=1S/C23H26N2O4S/c1-15-16(2)30-23(24-22(26)19-8-5-11-29-19)20(15)21(25-9-12-28-13-10-25)17-6-4-7-18(14-17)27-3/h4-8,11,14,21H,9-10,12-13H2,1-3H3,(H,24,26). The Labute approximate surface area is 180 Å². The number of aryl methyl sites for hydroxylation is 1. The maximum atomic E-state index is 12.7. The van der Waals surface area contributed by atoms with Crippen LogP contribution in [-0.4, -0.2) is 44.2 Å². The first-order valence-electron chi connectivity index (χ1n) is 9.99. The molecule has 2 aromatic heterocycles. The van der Waals surface area contributed by atoms with Crippen molar-refractivity contribution < 1.29 is 18.7 Å². The van der Waals surface area contributed by atoms with Gasteiger partial charge in [-0.2, -0.15) is 0 Å². The Balaban J connectivity index is 1.78. The van der Waals surface area contributed by atoms with E-state index in [-0.39, 0.29) is 11.9 Å². The van der Waals surface area contributed by atoms with Crippen LogP contribution in [0.5, 0.6) is 5.75 Å². The Kier molecular flexibility index (Phi) is 6.22. The van der Waals surface area contributed by atoms with E-state index in [0.717, 1.165) is 35.0 Å². The third-order valence-electron chi connectivity index (χ3n) is 5.50. The number of anilines is 1. The van der Waals surface area contributed by atoms with Gasteiger partial charge in [0, 0.05) is 23.5 Å². The lowest BCUT2D eigenvalue weighted by Crippen LogP contribution is -2.40. The molecule has 4 rings (SSSR count). The average molecular weight is 427 g/mol. The molecule has 1 amide bonds. The van der Waals surface area contributed by atoms with Crippen molar-refractivity contribution >= 4 is 22.2 Å². The van der Waals surface area contributed by atoms with Crippen molar-refractivity contribution in [3.05, 3.63) is 70.0 Å². The molecule has 0 spiro atoms. The van der Waals surface area contributed by atoms with Crippen LogP contribution in [0.4, 0.5) is 5.00 Å². The van der Waals surface area contributed by atoms with Crippen molar-refractivity contribution in [2.75, 3.05) is 38.7 Å². The summed E-state index contributed by atoms with van der Waals surface area (Å²) in [5.41, 5.74) is 3.44. The van der Waals surface area contributed by atoms with Crippen LogP contribution in [0.25, 0.3) is 0 Å².